The Kier molecular flexibility index (Phi) is 9.79. The minimum Gasteiger partial charge on any atom is -0.481 e. The molecule has 0 bridgehead atoms. The normalized spacial score (nSPS) is 20.4. The molecule has 0 aromatic rings. The topological polar surface area (TPSA) is 77.8 Å². The van der Waals surface area contributed by atoms with Crippen molar-refractivity contribution in [1.82, 2.24) is 4.90 Å². The third-order valence-corrected chi connectivity index (χ3v) is 4.88. The lowest BCUT2D eigenvalue weighted by atomic mass is 9.97. The molecular formula is C20H35NO4. The Morgan fingerprint density at radius 2 is 1.96 bits per heavy atom. The number of hydrogen-bond acceptors (Lipinski definition) is 3. The third kappa shape index (κ3) is 9.05. The van der Waals surface area contributed by atoms with Gasteiger partial charge in [-0.25, -0.2) is 0 Å². The van der Waals surface area contributed by atoms with Gasteiger partial charge in [-0.05, 0) is 32.6 Å². The van der Waals surface area contributed by atoms with Gasteiger partial charge in [0, 0.05) is 19.4 Å². The molecular weight excluding hydrogens is 318 g/mol. The van der Waals surface area contributed by atoms with Gasteiger partial charge in [0.15, 0.2) is 0 Å². The maximum absolute atomic E-state index is 12.1. The van der Waals surface area contributed by atoms with E-state index in [2.05, 4.69) is 6.92 Å². The van der Waals surface area contributed by atoms with Crippen molar-refractivity contribution in [3.05, 3.63) is 12.2 Å². The number of nitrogens with zero attached hydrogens (tertiary/aromatic N) is 1. The first-order valence-corrected chi connectivity index (χ1v) is 9.78. The Balaban J connectivity index is 2.38. The second-order valence-electron chi connectivity index (χ2n) is 7.42. The van der Waals surface area contributed by atoms with Gasteiger partial charge in [0.25, 0.3) is 0 Å². The number of carbonyl (C=O) groups excluding carboxylic acids is 1. The third-order valence-electron chi connectivity index (χ3n) is 4.88. The van der Waals surface area contributed by atoms with E-state index in [4.69, 9.17) is 5.11 Å². The Labute approximate surface area is 152 Å². The Hall–Kier alpha value is -1.36. The average Bonchev–Trinajstić information content (AvgIpc) is 2.89. The first-order valence-electron chi connectivity index (χ1n) is 9.78. The second kappa shape index (κ2) is 11.3. The summed E-state index contributed by atoms with van der Waals surface area (Å²) in [6.45, 7) is 4.70. The Morgan fingerprint density at radius 1 is 1.24 bits per heavy atom. The van der Waals surface area contributed by atoms with E-state index in [9.17, 15) is 14.7 Å². The van der Waals surface area contributed by atoms with Crippen LogP contribution in [0.4, 0.5) is 0 Å². The summed E-state index contributed by atoms with van der Waals surface area (Å²) < 4.78 is 0. The van der Waals surface area contributed by atoms with Crippen LogP contribution in [0.1, 0.15) is 84.5 Å². The highest BCUT2D eigenvalue weighted by molar-refractivity contribution is 5.79. The van der Waals surface area contributed by atoms with Crippen molar-refractivity contribution in [1.29, 1.82) is 0 Å². The molecule has 1 rings (SSSR count). The van der Waals surface area contributed by atoms with Gasteiger partial charge in [-0.2, -0.15) is 0 Å². The summed E-state index contributed by atoms with van der Waals surface area (Å²) in [7, 11) is 0. The highest BCUT2D eigenvalue weighted by Gasteiger charge is 2.29. The standard InChI is InChI=1S/C20H35NO4/c1-3-4-8-14-20(2,25)15-13-17-11-12-18(22)21(17)16-9-6-5-7-10-19(23)24/h13,15,17,25H,3-12,14,16H2,1-2H3,(H,23,24)/b15-13+. The zero-order valence-corrected chi connectivity index (χ0v) is 15.9. The van der Waals surface area contributed by atoms with Crippen molar-refractivity contribution >= 4 is 11.9 Å². The van der Waals surface area contributed by atoms with Crippen LogP contribution >= 0.6 is 0 Å². The summed E-state index contributed by atoms with van der Waals surface area (Å²) in [5.41, 5.74) is -0.802. The van der Waals surface area contributed by atoms with Gasteiger partial charge in [-0.3, -0.25) is 9.59 Å². The van der Waals surface area contributed by atoms with Crippen LogP contribution in [0.25, 0.3) is 0 Å². The lowest BCUT2D eigenvalue weighted by molar-refractivity contribution is -0.137. The van der Waals surface area contributed by atoms with Crippen LogP contribution in [0, 0.1) is 0 Å². The van der Waals surface area contributed by atoms with Crippen LogP contribution in [-0.4, -0.2) is 45.2 Å². The molecule has 0 spiro atoms. The number of carbonyl (C=O) groups is 2. The fourth-order valence-corrected chi connectivity index (χ4v) is 3.29. The zero-order valence-electron chi connectivity index (χ0n) is 15.9. The van der Waals surface area contributed by atoms with E-state index >= 15 is 0 Å². The van der Waals surface area contributed by atoms with Gasteiger partial charge in [0.2, 0.25) is 5.91 Å². The maximum Gasteiger partial charge on any atom is 0.303 e. The number of rotatable bonds is 13. The SMILES string of the molecule is CCCCCC(C)(O)/C=C/C1CCC(=O)N1CCCCCCC(=O)O. The van der Waals surface area contributed by atoms with E-state index < -0.39 is 11.6 Å². The molecule has 0 aromatic carbocycles. The number of unbranched alkanes of at least 4 members (excludes halogenated alkanes) is 5. The molecule has 1 aliphatic rings. The Bertz CT molecular complexity index is 445. The molecule has 1 fully saturated rings. The molecule has 5 nitrogen and oxygen atoms in total. The van der Waals surface area contributed by atoms with Gasteiger partial charge in [0.05, 0.1) is 11.6 Å². The van der Waals surface area contributed by atoms with Gasteiger partial charge >= 0.3 is 5.97 Å². The number of amides is 1. The summed E-state index contributed by atoms with van der Waals surface area (Å²) in [5.74, 6) is -0.559. The number of carboxylic acid groups (broad SMARTS) is 1. The second-order valence-corrected chi connectivity index (χ2v) is 7.42. The van der Waals surface area contributed by atoms with Crippen molar-refractivity contribution in [2.75, 3.05) is 6.54 Å². The molecule has 1 saturated heterocycles. The largest absolute Gasteiger partial charge is 0.481 e. The molecule has 2 unspecified atom stereocenters. The predicted octanol–water partition coefficient (Wildman–Crippen LogP) is 3.90. The monoisotopic (exact) mass is 353 g/mol. The number of aliphatic carboxylic acids is 1. The number of likely N-dealkylation sites (tertiary alicyclic amines) is 1. The van der Waals surface area contributed by atoms with Crippen molar-refractivity contribution in [3.63, 3.8) is 0 Å². The van der Waals surface area contributed by atoms with Crippen molar-refractivity contribution < 1.29 is 19.8 Å². The van der Waals surface area contributed by atoms with E-state index in [1.54, 1.807) is 0 Å². The molecule has 0 radical (unpaired) electrons. The van der Waals surface area contributed by atoms with Gasteiger partial charge < -0.3 is 15.1 Å². The molecule has 0 aromatic heterocycles. The number of hydrogen-bond donors (Lipinski definition) is 2. The Morgan fingerprint density at radius 3 is 2.64 bits per heavy atom. The van der Waals surface area contributed by atoms with Crippen LogP contribution in [0.15, 0.2) is 12.2 Å². The fraction of sp³-hybridized carbons (Fsp3) is 0.800. The first kappa shape index (κ1) is 21.7. The van der Waals surface area contributed by atoms with Crippen molar-refractivity contribution in [2.45, 2.75) is 96.1 Å². The van der Waals surface area contributed by atoms with Gasteiger partial charge in [-0.1, -0.05) is 51.2 Å². The smallest absolute Gasteiger partial charge is 0.303 e. The molecule has 1 heterocycles. The summed E-state index contributed by atoms with van der Waals surface area (Å²) in [6, 6.07) is 0.0872. The molecule has 1 amide bonds. The van der Waals surface area contributed by atoms with E-state index in [-0.39, 0.29) is 18.4 Å². The molecule has 1 aliphatic heterocycles. The van der Waals surface area contributed by atoms with E-state index in [1.165, 1.54) is 0 Å². The average molecular weight is 354 g/mol. The van der Waals surface area contributed by atoms with Gasteiger partial charge in [0.1, 0.15) is 0 Å². The first-order chi connectivity index (χ1) is 11.9. The fourth-order valence-electron chi connectivity index (χ4n) is 3.29. The molecule has 2 atom stereocenters. The number of carboxylic acids is 1. The quantitative estimate of drug-likeness (QED) is 0.389. The minimum atomic E-state index is -0.802. The minimum absolute atomic E-state index is 0.0872. The summed E-state index contributed by atoms with van der Waals surface area (Å²) >= 11 is 0. The molecule has 144 valence electrons. The van der Waals surface area contributed by atoms with Crippen LogP contribution in [-0.2, 0) is 9.59 Å². The molecule has 25 heavy (non-hydrogen) atoms. The van der Waals surface area contributed by atoms with Gasteiger partial charge in [-0.15, -0.1) is 0 Å². The maximum atomic E-state index is 12.1. The molecule has 5 heteroatoms. The van der Waals surface area contributed by atoms with Crippen molar-refractivity contribution in [2.24, 2.45) is 0 Å². The van der Waals surface area contributed by atoms with Crippen LogP contribution in [0.5, 0.6) is 0 Å². The zero-order chi connectivity index (χ0) is 18.7. The van der Waals surface area contributed by atoms with E-state index in [0.29, 0.717) is 12.8 Å². The molecule has 0 aliphatic carbocycles. The lowest BCUT2D eigenvalue weighted by Gasteiger charge is -2.24. The highest BCUT2D eigenvalue weighted by atomic mass is 16.4. The number of aliphatic hydroxyl groups is 1. The summed E-state index contributed by atoms with van der Waals surface area (Å²) in [4.78, 5) is 24.5. The summed E-state index contributed by atoms with van der Waals surface area (Å²) in [6.07, 6.45) is 13.0. The molecule has 2 N–H and O–H groups in total. The van der Waals surface area contributed by atoms with E-state index in [1.807, 2.05) is 24.0 Å². The predicted molar refractivity (Wildman–Crippen MR) is 99.4 cm³/mol. The van der Waals surface area contributed by atoms with Crippen LogP contribution < -0.4 is 0 Å². The van der Waals surface area contributed by atoms with E-state index in [0.717, 1.165) is 57.9 Å². The summed E-state index contributed by atoms with van der Waals surface area (Å²) in [5, 5.41) is 19.1. The van der Waals surface area contributed by atoms with Crippen LogP contribution in [0.2, 0.25) is 0 Å². The molecule has 0 saturated carbocycles. The highest BCUT2D eigenvalue weighted by Crippen LogP contribution is 2.23. The van der Waals surface area contributed by atoms with Crippen molar-refractivity contribution in [3.8, 4) is 0 Å². The lowest BCUT2D eigenvalue weighted by Crippen LogP contribution is -2.33. The van der Waals surface area contributed by atoms with Crippen LogP contribution in [0.3, 0.4) is 0 Å².